The summed E-state index contributed by atoms with van der Waals surface area (Å²) in [5.41, 5.74) is 2.01. The zero-order valence-electron chi connectivity index (χ0n) is 12.7. The quantitative estimate of drug-likeness (QED) is 0.888. The molecule has 0 spiro atoms. The van der Waals surface area contributed by atoms with E-state index in [0.717, 1.165) is 25.3 Å². The normalized spacial score (nSPS) is 11.3. The van der Waals surface area contributed by atoms with E-state index in [2.05, 4.69) is 24.1 Å². The molecule has 0 atom stereocenters. The lowest BCUT2D eigenvalue weighted by Crippen LogP contribution is -2.26. The molecular weight excluding hydrogens is 288 g/mol. The van der Waals surface area contributed by atoms with Gasteiger partial charge < -0.3 is 14.6 Å². The summed E-state index contributed by atoms with van der Waals surface area (Å²) in [6, 6.07) is 3.43. The topological polar surface area (TPSA) is 45.5 Å². The van der Waals surface area contributed by atoms with Crippen molar-refractivity contribution in [2.75, 3.05) is 32.0 Å². The minimum atomic E-state index is 0.00737. The van der Waals surface area contributed by atoms with Gasteiger partial charge in [-0.2, -0.15) is 0 Å². The molecule has 21 heavy (non-hydrogen) atoms. The van der Waals surface area contributed by atoms with Gasteiger partial charge in [-0.15, -0.1) is 0 Å². The summed E-state index contributed by atoms with van der Waals surface area (Å²) in [5, 5.41) is 4.04. The molecular formula is C16H21ClN2O2. The van der Waals surface area contributed by atoms with Crippen LogP contribution < -0.4 is 10.7 Å². The van der Waals surface area contributed by atoms with Gasteiger partial charge in [0.25, 0.3) is 0 Å². The average molecular weight is 309 g/mol. The van der Waals surface area contributed by atoms with Crippen LogP contribution in [-0.4, -0.2) is 31.6 Å². The third-order valence-corrected chi connectivity index (χ3v) is 4.11. The van der Waals surface area contributed by atoms with E-state index in [-0.39, 0.29) is 5.43 Å². The van der Waals surface area contributed by atoms with E-state index in [1.165, 1.54) is 0 Å². The Bertz CT molecular complexity index is 678. The van der Waals surface area contributed by atoms with E-state index in [1.54, 1.807) is 25.4 Å². The zero-order valence-corrected chi connectivity index (χ0v) is 13.5. The molecule has 0 aliphatic carbocycles. The van der Waals surface area contributed by atoms with Crippen molar-refractivity contribution in [3.8, 4) is 0 Å². The van der Waals surface area contributed by atoms with Crippen LogP contribution >= 0.6 is 11.6 Å². The van der Waals surface area contributed by atoms with Crippen LogP contribution in [0, 0.1) is 0 Å². The molecule has 0 radical (unpaired) electrons. The molecule has 1 aromatic carbocycles. The number of nitrogens with zero attached hydrogens (tertiary/aromatic N) is 1. The molecule has 114 valence electrons. The second-order valence-electron chi connectivity index (χ2n) is 4.95. The van der Waals surface area contributed by atoms with Gasteiger partial charge in [0.05, 0.1) is 22.4 Å². The number of likely N-dealkylation sites (N-methyl/N-ethyl adjacent to an activating group) is 1. The van der Waals surface area contributed by atoms with E-state index < -0.39 is 0 Å². The number of benzene rings is 1. The van der Waals surface area contributed by atoms with Crippen molar-refractivity contribution in [1.29, 1.82) is 0 Å². The van der Waals surface area contributed by atoms with E-state index in [1.807, 2.05) is 0 Å². The fourth-order valence-corrected chi connectivity index (χ4v) is 2.63. The third kappa shape index (κ3) is 3.39. The summed E-state index contributed by atoms with van der Waals surface area (Å²) in [5.74, 6) is 0. The first-order chi connectivity index (χ1) is 10.1. The monoisotopic (exact) mass is 308 g/mol. The molecule has 5 heteroatoms. The Morgan fingerprint density at radius 3 is 2.62 bits per heavy atom. The van der Waals surface area contributed by atoms with Crippen molar-refractivity contribution in [2.24, 2.45) is 0 Å². The van der Waals surface area contributed by atoms with E-state index in [9.17, 15) is 4.79 Å². The molecule has 0 saturated carbocycles. The molecule has 0 unspecified atom stereocenters. The molecule has 0 saturated heterocycles. The van der Waals surface area contributed by atoms with Crippen LogP contribution in [0.2, 0.25) is 5.02 Å². The van der Waals surface area contributed by atoms with E-state index in [4.69, 9.17) is 16.0 Å². The first kappa shape index (κ1) is 15.9. The van der Waals surface area contributed by atoms with Crippen LogP contribution in [0.4, 0.5) is 5.69 Å². The Balaban J connectivity index is 2.35. The Morgan fingerprint density at radius 2 is 2.00 bits per heavy atom. The first-order valence-electron chi connectivity index (χ1n) is 7.24. The van der Waals surface area contributed by atoms with Crippen molar-refractivity contribution < 1.29 is 4.42 Å². The minimum absolute atomic E-state index is 0.00737. The lowest BCUT2D eigenvalue weighted by molar-refractivity contribution is 0.307. The highest BCUT2D eigenvalue weighted by atomic mass is 35.5. The molecule has 0 aliphatic rings. The van der Waals surface area contributed by atoms with Crippen molar-refractivity contribution in [3.05, 3.63) is 39.2 Å². The maximum atomic E-state index is 12.5. The van der Waals surface area contributed by atoms with Crippen LogP contribution in [0.3, 0.4) is 0 Å². The van der Waals surface area contributed by atoms with Gasteiger partial charge in [-0.25, -0.2) is 0 Å². The fraction of sp³-hybridized carbons (Fsp3) is 0.438. The van der Waals surface area contributed by atoms with Crippen LogP contribution in [-0.2, 0) is 6.42 Å². The van der Waals surface area contributed by atoms with Crippen molar-refractivity contribution in [3.63, 3.8) is 0 Å². The lowest BCUT2D eigenvalue weighted by Gasteiger charge is -2.17. The maximum absolute atomic E-state index is 12.5. The Kier molecular flexibility index (Phi) is 5.26. The number of halogens is 1. The van der Waals surface area contributed by atoms with Gasteiger partial charge in [0, 0.05) is 25.2 Å². The van der Waals surface area contributed by atoms with Gasteiger partial charge in [-0.05, 0) is 25.6 Å². The largest absolute Gasteiger partial charge is 0.464 e. The second-order valence-corrected chi connectivity index (χ2v) is 5.35. The van der Waals surface area contributed by atoms with Crippen LogP contribution in [0.15, 0.2) is 27.6 Å². The number of nitrogens with one attached hydrogen (secondary N) is 1. The molecule has 1 heterocycles. The number of fused-ring (bicyclic) bond motifs is 1. The van der Waals surface area contributed by atoms with E-state index in [0.29, 0.717) is 28.0 Å². The maximum Gasteiger partial charge on any atom is 0.195 e. The van der Waals surface area contributed by atoms with Crippen molar-refractivity contribution in [2.45, 2.75) is 20.3 Å². The number of anilines is 1. The van der Waals surface area contributed by atoms with E-state index >= 15 is 0 Å². The molecule has 0 bridgehead atoms. The predicted molar refractivity (Wildman–Crippen MR) is 88.5 cm³/mol. The van der Waals surface area contributed by atoms with Gasteiger partial charge in [0.2, 0.25) is 0 Å². The standard InChI is InChI=1S/C16H21ClN2O2/c1-4-19(5-2)7-6-11-10-21-15-9-14(18-3)13(17)8-12(15)16(11)20/h8-10,18H,4-7H2,1-3H3. The van der Waals surface area contributed by atoms with Gasteiger partial charge >= 0.3 is 0 Å². The molecule has 4 nitrogen and oxygen atoms in total. The zero-order chi connectivity index (χ0) is 15.4. The SMILES string of the molecule is CCN(CC)CCc1coc2cc(NC)c(Cl)cc2c1=O. The van der Waals surface area contributed by atoms with Gasteiger partial charge in [-0.1, -0.05) is 25.4 Å². The summed E-state index contributed by atoms with van der Waals surface area (Å²) in [4.78, 5) is 14.8. The predicted octanol–water partition coefficient (Wildman–Crippen LogP) is 3.37. The minimum Gasteiger partial charge on any atom is -0.464 e. The number of rotatable bonds is 6. The summed E-state index contributed by atoms with van der Waals surface area (Å²) in [6.45, 7) is 7.04. The number of hydrogen-bond donors (Lipinski definition) is 1. The molecule has 1 aromatic heterocycles. The van der Waals surface area contributed by atoms with Crippen LogP contribution in [0.5, 0.6) is 0 Å². The summed E-state index contributed by atoms with van der Waals surface area (Å²) < 4.78 is 5.60. The smallest absolute Gasteiger partial charge is 0.195 e. The highest BCUT2D eigenvalue weighted by Gasteiger charge is 2.11. The van der Waals surface area contributed by atoms with Crippen LogP contribution in [0.1, 0.15) is 19.4 Å². The third-order valence-electron chi connectivity index (χ3n) is 3.79. The molecule has 0 aliphatic heterocycles. The fourth-order valence-electron chi connectivity index (χ4n) is 2.37. The Morgan fingerprint density at radius 1 is 1.29 bits per heavy atom. The highest BCUT2D eigenvalue weighted by Crippen LogP contribution is 2.26. The second kappa shape index (κ2) is 6.96. The average Bonchev–Trinajstić information content (AvgIpc) is 2.50. The van der Waals surface area contributed by atoms with Gasteiger partial charge in [0.15, 0.2) is 5.43 Å². The van der Waals surface area contributed by atoms with Crippen molar-refractivity contribution >= 4 is 28.3 Å². The Labute approximate surface area is 129 Å². The molecule has 0 fully saturated rings. The molecule has 2 aromatic rings. The lowest BCUT2D eigenvalue weighted by atomic mass is 10.1. The molecule has 0 amide bonds. The summed E-state index contributed by atoms with van der Waals surface area (Å²) >= 11 is 6.15. The van der Waals surface area contributed by atoms with Gasteiger partial charge in [-0.3, -0.25) is 4.79 Å². The summed E-state index contributed by atoms with van der Waals surface area (Å²) in [6.07, 6.45) is 2.26. The first-order valence-corrected chi connectivity index (χ1v) is 7.62. The van der Waals surface area contributed by atoms with Crippen molar-refractivity contribution in [1.82, 2.24) is 4.90 Å². The summed E-state index contributed by atoms with van der Waals surface area (Å²) in [7, 11) is 1.78. The van der Waals surface area contributed by atoms with Crippen LogP contribution in [0.25, 0.3) is 11.0 Å². The molecule has 1 N–H and O–H groups in total. The highest BCUT2D eigenvalue weighted by molar-refractivity contribution is 6.34. The Hall–Kier alpha value is -1.52. The number of hydrogen-bond acceptors (Lipinski definition) is 4. The van der Waals surface area contributed by atoms with Gasteiger partial charge in [0.1, 0.15) is 5.58 Å². The molecule has 2 rings (SSSR count).